The molecule has 2 rings (SSSR count). The predicted molar refractivity (Wildman–Crippen MR) is 90.8 cm³/mol. The van der Waals surface area contributed by atoms with Crippen LogP contribution in [0.5, 0.6) is 0 Å². The average Bonchev–Trinajstić information content (AvgIpc) is 2.44. The Kier molecular flexibility index (Phi) is 5.54. The van der Waals surface area contributed by atoms with Crippen LogP contribution in [-0.2, 0) is 16.4 Å². The number of aryl methyl sites for hydroxylation is 1. The summed E-state index contributed by atoms with van der Waals surface area (Å²) < 4.78 is 27.8. The Balaban J connectivity index is 2.23. The Labute approximate surface area is 142 Å². The first-order chi connectivity index (χ1) is 9.92. The van der Waals surface area contributed by atoms with Gasteiger partial charge in [0.2, 0.25) is 0 Å². The lowest BCUT2D eigenvalue weighted by Gasteiger charge is -2.09. The van der Waals surface area contributed by atoms with Crippen LogP contribution >= 0.6 is 39.1 Å². The van der Waals surface area contributed by atoms with E-state index in [1.165, 1.54) is 0 Å². The van der Waals surface area contributed by atoms with Crippen molar-refractivity contribution in [2.24, 2.45) is 0 Å². The van der Waals surface area contributed by atoms with Crippen LogP contribution in [0.25, 0.3) is 0 Å². The SMILES string of the molecule is O=S(=O)(Nc1ccc(Br)c(Cl)c1)c1ccc(CCCl)cc1. The summed E-state index contributed by atoms with van der Waals surface area (Å²) in [6, 6.07) is 11.5. The van der Waals surface area contributed by atoms with E-state index >= 15 is 0 Å². The maximum atomic E-state index is 12.3. The number of anilines is 1. The zero-order chi connectivity index (χ0) is 15.5. The first kappa shape index (κ1) is 16.6. The topological polar surface area (TPSA) is 46.2 Å². The molecule has 0 amide bonds. The number of sulfonamides is 1. The zero-order valence-corrected chi connectivity index (χ0v) is 14.7. The minimum absolute atomic E-state index is 0.194. The highest BCUT2D eigenvalue weighted by atomic mass is 79.9. The van der Waals surface area contributed by atoms with E-state index in [2.05, 4.69) is 20.7 Å². The van der Waals surface area contributed by atoms with Crippen LogP contribution in [0.4, 0.5) is 5.69 Å². The first-order valence-electron chi connectivity index (χ1n) is 6.05. The Morgan fingerprint density at radius 3 is 2.33 bits per heavy atom. The van der Waals surface area contributed by atoms with Gasteiger partial charge in [0.05, 0.1) is 15.6 Å². The molecule has 0 spiro atoms. The Bertz CT molecular complexity index is 733. The second-order valence-electron chi connectivity index (χ2n) is 4.32. The van der Waals surface area contributed by atoms with Crippen molar-refractivity contribution in [3.05, 3.63) is 57.5 Å². The fraction of sp³-hybridized carbons (Fsp3) is 0.143. The average molecular weight is 409 g/mol. The molecule has 0 aromatic heterocycles. The lowest BCUT2D eigenvalue weighted by molar-refractivity contribution is 0.601. The molecule has 0 saturated heterocycles. The monoisotopic (exact) mass is 407 g/mol. The second-order valence-corrected chi connectivity index (χ2v) is 7.64. The molecule has 0 radical (unpaired) electrons. The number of benzene rings is 2. The van der Waals surface area contributed by atoms with Crippen LogP contribution in [0.3, 0.4) is 0 Å². The molecule has 0 atom stereocenters. The largest absolute Gasteiger partial charge is 0.280 e. The van der Waals surface area contributed by atoms with Gasteiger partial charge in [-0.15, -0.1) is 11.6 Å². The molecule has 2 aromatic carbocycles. The second kappa shape index (κ2) is 7.01. The van der Waals surface area contributed by atoms with Crippen molar-refractivity contribution in [1.82, 2.24) is 0 Å². The maximum absolute atomic E-state index is 12.3. The van der Waals surface area contributed by atoms with Gasteiger partial charge in [0, 0.05) is 10.4 Å². The van der Waals surface area contributed by atoms with Crippen molar-refractivity contribution < 1.29 is 8.42 Å². The van der Waals surface area contributed by atoms with Gasteiger partial charge in [0.15, 0.2) is 0 Å². The van der Waals surface area contributed by atoms with Gasteiger partial charge in [-0.2, -0.15) is 0 Å². The van der Waals surface area contributed by atoms with Crippen LogP contribution in [0.1, 0.15) is 5.56 Å². The smallest absolute Gasteiger partial charge is 0.261 e. The van der Waals surface area contributed by atoms with Gasteiger partial charge in [-0.1, -0.05) is 23.7 Å². The number of alkyl halides is 1. The van der Waals surface area contributed by atoms with E-state index in [9.17, 15) is 8.42 Å². The minimum atomic E-state index is -3.63. The molecule has 7 heteroatoms. The summed E-state index contributed by atoms with van der Waals surface area (Å²) in [4.78, 5) is 0.194. The van der Waals surface area contributed by atoms with E-state index in [0.717, 1.165) is 5.56 Å². The molecule has 2 aromatic rings. The number of rotatable bonds is 5. The molecule has 3 nitrogen and oxygen atoms in total. The maximum Gasteiger partial charge on any atom is 0.261 e. The fourth-order valence-corrected chi connectivity index (χ4v) is 3.41. The lowest BCUT2D eigenvalue weighted by Crippen LogP contribution is -2.12. The molecule has 0 fully saturated rings. The highest BCUT2D eigenvalue weighted by Gasteiger charge is 2.14. The number of hydrogen-bond donors (Lipinski definition) is 1. The molecular weight excluding hydrogens is 397 g/mol. The van der Waals surface area contributed by atoms with Crippen molar-refractivity contribution >= 4 is 54.8 Å². The molecule has 112 valence electrons. The van der Waals surface area contributed by atoms with Gasteiger partial charge in [-0.05, 0) is 58.2 Å². The van der Waals surface area contributed by atoms with Gasteiger partial charge < -0.3 is 0 Å². The number of halogens is 3. The van der Waals surface area contributed by atoms with Crippen LogP contribution < -0.4 is 4.72 Å². The molecule has 1 N–H and O–H groups in total. The first-order valence-corrected chi connectivity index (χ1v) is 9.24. The zero-order valence-electron chi connectivity index (χ0n) is 10.8. The molecule has 0 aliphatic rings. The van der Waals surface area contributed by atoms with Gasteiger partial charge in [-0.3, -0.25) is 4.72 Å². The Morgan fingerprint density at radius 1 is 1.10 bits per heavy atom. The summed E-state index contributed by atoms with van der Waals surface area (Å²) in [5.41, 5.74) is 1.41. The van der Waals surface area contributed by atoms with Crippen LogP contribution in [-0.4, -0.2) is 14.3 Å². The lowest BCUT2D eigenvalue weighted by atomic mass is 10.2. The van der Waals surface area contributed by atoms with Crippen molar-refractivity contribution in [3.8, 4) is 0 Å². The predicted octanol–water partition coefficient (Wildman–Crippen LogP) is 4.68. The highest BCUT2D eigenvalue weighted by molar-refractivity contribution is 9.10. The van der Waals surface area contributed by atoms with Crippen molar-refractivity contribution in [3.63, 3.8) is 0 Å². The Morgan fingerprint density at radius 2 is 1.76 bits per heavy atom. The van der Waals surface area contributed by atoms with Crippen LogP contribution in [0.15, 0.2) is 51.8 Å². The fourth-order valence-electron chi connectivity index (χ4n) is 1.72. The van der Waals surface area contributed by atoms with E-state index < -0.39 is 10.0 Å². The summed E-state index contributed by atoms with van der Waals surface area (Å²) in [6.07, 6.45) is 0.706. The molecule has 0 saturated carbocycles. The number of hydrogen-bond acceptors (Lipinski definition) is 2. The summed E-state index contributed by atoms with van der Waals surface area (Å²) in [6.45, 7) is 0. The van der Waals surface area contributed by atoms with Crippen LogP contribution in [0, 0.1) is 0 Å². The van der Waals surface area contributed by atoms with E-state index in [1.807, 2.05) is 0 Å². The summed E-state index contributed by atoms with van der Waals surface area (Å²) in [5, 5.41) is 0.438. The molecule has 0 aliphatic carbocycles. The van der Waals surface area contributed by atoms with E-state index in [-0.39, 0.29) is 4.90 Å². The third kappa shape index (κ3) is 4.36. The molecule has 21 heavy (non-hydrogen) atoms. The molecule has 0 unspecified atom stereocenters. The van der Waals surface area contributed by atoms with Crippen LogP contribution in [0.2, 0.25) is 5.02 Å². The summed E-state index contributed by atoms with van der Waals surface area (Å²) in [5.74, 6) is 0.502. The molecule has 0 bridgehead atoms. The quantitative estimate of drug-likeness (QED) is 0.729. The van der Waals surface area contributed by atoms with E-state index in [1.54, 1.807) is 42.5 Å². The third-order valence-corrected chi connectivity index (χ3v) is 5.61. The number of nitrogens with one attached hydrogen (secondary N) is 1. The summed E-state index contributed by atoms with van der Waals surface area (Å²) in [7, 11) is -3.63. The van der Waals surface area contributed by atoms with E-state index in [0.29, 0.717) is 27.5 Å². The highest BCUT2D eigenvalue weighted by Crippen LogP contribution is 2.27. The van der Waals surface area contributed by atoms with E-state index in [4.69, 9.17) is 23.2 Å². The normalized spacial score (nSPS) is 11.4. The summed E-state index contributed by atoms with van der Waals surface area (Å²) >= 11 is 14.9. The van der Waals surface area contributed by atoms with Gasteiger partial charge in [0.25, 0.3) is 10.0 Å². The Hall–Kier alpha value is -0.750. The van der Waals surface area contributed by atoms with Gasteiger partial charge in [0.1, 0.15) is 0 Å². The van der Waals surface area contributed by atoms with Crippen molar-refractivity contribution in [2.45, 2.75) is 11.3 Å². The minimum Gasteiger partial charge on any atom is -0.280 e. The van der Waals surface area contributed by atoms with Crippen molar-refractivity contribution in [2.75, 3.05) is 10.6 Å². The third-order valence-electron chi connectivity index (χ3n) is 2.79. The van der Waals surface area contributed by atoms with Crippen molar-refractivity contribution in [1.29, 1.82) is 0 Å². The molecular formula is C14H12BrCl2NO2S. The molecule has 0 aliphatic heterocycles. The van der Waals surface area contributed by atoms with Gasteiger partial charge in [-0.25, -0.2) is 8.42 Å². The molecule has 0 heterocycles. The van der Waals surface area contributed by atoms with Gasteiger partial charge >= 0.3 is 0 Å². The standard InChI is InChI=1S/C14H12BrCl2NO2S/c15-13-6-3-11(9-14(13)17)18-21(19,20)12-4-1-10(2-5-12)7-8-16/h1-6,9,18H,7-8H2.